The molecule has 0 saturated heterocycles. The number of hydrogen-bond donors (Lipinski definition) is 6. The van der Waals surface area contributed by atoms with Crippen molar-refractivity contribution in [2.75, 3.05) is 42.8 Å². The van der Waals surface area contributed by atoms with Crippen LogP contribution in [0.2, 0.25) is 0 Å². The molecule has 15 aromatic rings. The van der Waals surface area contributed by atoms with Crippen molar-refractivity contribution >= 4 is 67.3 Å². The highest BCUT2D eigenvalue weighted by Crippen LogP contribution is 2.37. The molecule has 29 heteroatoms. The van der Waals surface area contributed by atoms with Gasteiger partial charge in [0.05, 0.1) is 60.8 Å². The molecule has 0 radical (unpaired) electrons. The lowest BCUT2D eigenvalue weighted by atomic mass is 9.98. The molecule has 0 fully saturated rings. The average molecular weight is 1610 g/mol. The maximum atomic E-state index is 14.4. The zero-order chi connectivity index (χ0) is 84.9. The maximum Gasteiger partial charge on any atom is 0.573 e. The van der Waals surface area contributed by atoms with Gasteiger partial charge in [0.1, 0.15) is 51.8 Å². The van der Waals surface area contributed by atoms with E-state index >= 15 is 0 Å². The lowest BCUT2D eigenvalue weighted by Crippen LogP contribution is -2.29. The van der Waals surface area contributed by atoms with Crippen molar-refractivity contribution in [3.63, 3.8) is 0 Å². The molecule has 9 heterocycles. The monoisotopic (exact) mass is 1610 g/mol. The second-order valence-corrected chi connectivity index (χ2v) is 27.7. The van der Waals surface area contributed by atoms with Gasteiger partial charge >= 0.3 is 6.36 Å². The number of fused-ring (bicyclic) bond motifs is 3. The lowest BCUT2D eigenvalue weighted by molar-refractivity contribution is -0.274. The number of anilines is 3. The lowest BCUT2D eigenvalue weighted by Gasteiger charge is -2.23. The van der Waals surface area contributed by atoms with E-state index in [0.29, 0.717) is 108 Å². The number of aromatic nitrogens is 12. The minimum Gasteiger partial charge on any atom is -0.481 e. The summed E-state index contributed by atoms with van der Waals surface area (Å²) in [5.41, 5.74) is 9.08. The molecular formula is C91H81F3N18O8. The molecule has 15 rings (SSSR count). The summed E-state index contributed by atoms with van der Waals surface area (Å²) in [7, 11) is 1.56. The van der Waals surface area contributed by atoms with E-state index in [2.05, 4.69) is 81.0 Å². The van der Waals surface area contributed by atoms with Crippen molar-refractivity contribution in [2.24, 2.45) is 0 Å². The van der Waals surface area contributed by atoms with Gasteiger partial charge in [0.15, 0.2) is 0 Å². The Kier molecular flexibility index (Phi) is 25.4. The molecule has 120 heavy (non-hydrogen) atoms. The number of benzene rings is 6. The summed E-state index contributed by atoms with van der Waals surface area (Å²) in [5, 5.41) is 28.2. The third-order valence-electron chi connectivity index (χ3n) is 19.4. The number of para-hydroxylation sites is 3. The number of carbonyl (C=O) groups excluding carboxylic acids is 2. The third kappa shape index (κ3) is 18.5. The smallest absolute Gasteiger partial charge is 0.481 e. The number of ether oxygens (including phenoxy) is 2. The summed E-state index contributed by atoms with van der Waals surface area (Å²) >= 11 is 0. The maximum absolute atomic E-state index is 14.4. The van der Waals surface area contributed by atoms with E-state index in [1.165, 1.54) is 30.9 Å². The topological polar surface area (TPSA) is 319 Å². The van der Waals surface area contributed by atoms with Crippen LogP contribution in [0.3, 0.4) is 0 Å². The average Bonchev–Trinajstić information content (AvgIpc) is 0.758. The highest BCUT2D eigenvalue weighted by molar-refractivity contribution is 6.01. The molecule has 0 aliphatic rings. The van der Waals surface area contributed by atoms with Crippen LogP contribution in [0.25, 0.3) is 87.6 Å². The minimum absolute atomic E-state index is 0.110. The van der Waals surface area contributed by atoms with E-state index in [9.17, 15) is 37.1 Å². The summed E-state index contributed by atoms with van der Waals surface area (Å²) in [5.74, 6) is 1.88. The number of aryl methyl sites for hydroxylation is 4. The SMILES string of the molecule is CCNC(=O)c1cnc(C)nc1N[C@@H](C)c1cc2cccc(-c3ccnc(OC)c3)c2c(=O)n1-c1ccccc1.Cc1cc(-c2cccc3cc([C@H](C)Nc4nc(C)ncc4C(=O)NCCO)n(-c4ccccc4)c(=O)c23)ccn1.[C-]#[N+]c1cnc(C)nc1N[C@@H](C)c1cc2cccc(-c3cncc(OC(F)(F)F)c3)c2c(=O)n1-c1ccccc1. The van der Waals surface area contributed by atoms with Gasteiger partial charge in [-0.3, -0.25) is 52.6 Å². The Morgan fingerprint density at radius 1 is 0.492 bits per heavy atom. The highest BCUT2D eigenvalue weighted by atomic mass is 19.4. The standard InChI is InChI=1S/2C31H30N6O3.C29H21F3N6O2/c1-19-16-22(12-13-32-19)25-11-7-8-23-17-27(37(31(40)28(23)25)24-9-5-4-6-10-24)20(2)35-29-26(18-34-21(3)36-29)30(39)33-14-15-38;1-5-32-30(38)25-18-34-20(3)36-29(25)35-19(2)26-16-22-10-9-13-24(21-14-15-33-27(17-21)40-4)28(22)31(39)37(26)23-11-7-6-8-12-23;1-17(36-27-24(33-3)16-35-18(2)37-27)25-13-19-8-7-11-23(20-12-22(15-34-14-20)40-29(30,31)32)26(19)28(39)38(25)21-9-5-4-6-10-21/h4-13,16-18,20,38H,14-15H2,1-3H3,(H,33,39)(H,34,35,36);6-19H,5H2,1-4H3,(H,32,38)(H,34,35,36);4-17H,1-2H3,(H,35,36,37)/t20-;19-;17-/m000/s1. The Morgan fingerprint density at radius 2 is 0.908 bits per heavy atom. The number of carbonyl (C=O) groups is 2. The van der Waals surface area contributed by atoms with E-state index in [0.717, 1.165) is 56.3 Å². The number of hydrogen-bond acceptors (Lipinski definition) is 20. The van der Waals surface area contributed by atoms with Crippen LogP contribution in [-0.2, 0) is 0 Å². The highest BCUT2D eigenvalue weighted by Gasteiger charge is 2.32. The predicted octanol–water partition coefficient (Wildman–Crippen LogP) is 16.2. The first-order chi connectivity index (χ1) is 57.9. The minimum atomic E-state index is -4.88. The Morgan fingerprint density at radius 3 is 1.33 bits per heavy atom. The first-order valence-corrected chi connectivity index (χ1v) is 38.1. The fourth-order valence-electron chi connectivity index (χ4n) is 14.0. The molecule has 6 aromatic carbocycles. The summed E-state index contributed by atoms with van der Waals surface area (Å²) in [6.45, 7) is 22.6. The molecule has 6 N–H and O–H groups in total. The van der Waals surface area contributed by atoms with Gasteiger partial charge in [0.25, 0.3) is 28.5 Å². The van der Waals surface area contributed by atoms with Crippen LogP contribution in [0.4, 0.5) is 36.3 Å². The molecule has 2 amide bonds. The normalized spacial score (nSPS) is 11.9. The van der Waals surface area contributed by atoms with Gasteiger partial charge in [0, 0.05) is 102 Å². The molecule has 0 aliphatic carbocycles. The van der Waals surface area contributed by atoms with E-state index in [1.807, 2.05) is 180 Å². The van der Waals surface area contributed by atoms with Crippen molar-refractivity contribution < 1.29 is 37.3 Å². The van der Waals surface area contributed by atoms with Crippen LogP contribution in [0.1, 0.15) is 107 Å². The largest absolute Gasteiger partial charge is 0.573 e. The van der Waals surface area contributed by atoms with Gasteiger partial charge in [-0.15, -0.1) is 13.2 Å². The molecule has 604 valence electrons. The van der Waals surface area contributed by atoms with Gasteiger partial charge in [0.2, 0.25) is 11.6 Å². The first-order valence-electron chi connectivity index (χ1n) is 38.1. The number of amides is 2. The summed E-state index contributed by atoms with van der Waals surface area (Å²) in [4.78, 5) is 110. The van der Waals surface area contributed by atoms with Gasteiger partial charge in [-0.2, -0.15) is 0 Å². The zero-order valence-corrected chi connectivity index (χ0v) is 66.6. The molecule has 0 aliphatic heterocycles. The number of halogens is 3. The molecule has 0 spiro atoms. The van der Waals surface area contributed by atoms with Crippen LogP contribution in [0, 0.1) is 34.3 Å². The molecule has 26 nitrogen and oxygen atoms in total. The summed E-state index contributed by atoms with van der Waals surface area (Å²) in [6, 6.07) is 58.0. The molecule has 3 atom stereocenters. The third-order valence-corrected chi connectivity index (χ3v) is 19.4. The van der Waals surface area contributed by atoms with Crippen molar-refractivity contribution in [3.8, 4) is 62.1 Å². The quantitative estimate of drug-likeness (QED) is 0.0343. The number of alkyl halides is 3. The second-order valence-electron chi connectivity index (χ2n) is 27.7. The van der Waals surface area contributed by atoms with E-state index < -0.39 is 36.1 Å². The molecule has 0 saturated carbocycles. The zero-order valence-electron chi connectivity index (χ0n) is 66.6. The number of aliphatic hydroxyl groups excluding tert-OH is 1. The number of rotatable bonds is 22. The Hall–Kier alpha value is -15.2. The van der Waals surface area contributed by atoms with E-state index in [4.69, 9.17) is 16.4 Å². The first kappa shape index (κ1) is 82.8. The van der Waals surface area contributed by atoms with Gasteiger partial charge < -0.3 is 41.2 Å². The van der Waals surface area contributed by atoms with Crippen LogP contribution in [0.5, 0.6) is 11.6 Å². The fraction of sp³-hybridized carbons (Fsp3) is 0.176. The van der Waals surface area contributed by atoms with Gasteiger partial charge in [-0.05, 0) is 178 Å². The van der Waals surface area contributed by atoms with Crippen molar-refractivity contribution in [1.82, 2.24) is 69.2 Å². The Balaban J connectivity index is 0.000000156. The van der Waals surface area contributed by atoms with Crippen molar-refractivity contribution in [3.05, 3.63) is 331 Å². The molecule has 9 aromatic heterocycles. The summed E-state index contributed by atoms with van der Waals surface area (Å²) in [6.07, 6.45) is 5.28. The van der Waals surface area contributed by atoms with Crippen LogP contribution < -0.4 is 52.7 Å². The van der Waals surface area contributed by atoms with E-state index in [-0.39, 0.29) is 47.0 Å². The summed E-state index contributed by atoms with van der Waals surface area (Å²) < 4.78 is 52.9. The van der Waals surface area contributed by atoms with E-state index in [1.54, 1.807) is 96.4 Å². The van der Waals surface area contributed by atoms with Crippen LogP contribution in [0.15, 0.2) is 252 Å². The molecular weight excluding hydrogens is 1530 g/mol. The Labute approximate surface area is 686 Å². The number of nitrogens with zero attached hydrogens (tertiary/aromatic N) is 13. The van der Waals surface area contributed by atoms with Crippen LogP contribution in [-0.4, -0.2) is 109 Å². The molecule has 0 unspecified atom stereocenters. The second kappa shape index (κ2) is 36.7. The van der Waals surface area contributed by atoms with Gasteiger partial charge in [-0.25, -0.2) is 34.7 Å². The number of nitrogens with one attached hydrogen (secondary N) is 5. The fourth-order valence-corrected chi connectivity index (χ4v) is 14.0. The number of methoxy groups -OCH3 is 1. The predicted molar refractivity (Wildman–Crippen MR) is 456 cm³/mol. The molecule has 0 bridgehead atoms. The van der Waals surface area contributed by atoms with Crippen molar-refractivity contribution in [2.45, 2.75) is 79.9 Å². The van der Waals surface area contributed by atoms with Crippen LogP contribution >= 0.6 is 0 Å². The number of pyridine rings is 6. The van der Waals surface area contributed by atoms with Gasteiger partial charge in [-0.1, -0.05) is 109 Å². The number of aliphatic hydroxyl groups is 1. The Bertz CT molecular complexity index is 6570. The van der Waals surface area contributed by atoms with Crippen molar-refractivity contribution in [1.29, 1.82) is 0 Å².